The predicted molar refractivity (Wildman–Crippen MR) is 119 cm³/mol. The Morgan fingerprint density at radius 1 is 0.700 bits per heavy atom. The lowest BCUT2D eigenvalue weighted by Crippen LogP contribution is -2.35. The molecule has 2 aliphatic heterocycles. The Bertz CT molecular complexity index is 851. The van der Waals surface area contributed by atoms with E-state index in [2.05, 4.69) is 19.8 Å². The van der Waals surface area contributed by atoms with Gasteiger partial charge in [0.15, 0.2) is 11.6 Å². The Hall–Kier alpha value is -1.97. The zero-order valence-electron chi connectivity index (χ0n) is 17.3. The first-order valence-electron chi connectivity index (χ1n) is 10.9. The fraction of sp³-hybridized carbons (Fsp3) is 0.700. The molecule has 2 aromatic rings. The molecule has 2 N–H and O–H groups in total. The second-order valence-corrected chi connectivity index (χ2v) is 8.23. The third-order valence-electron chi connectivity index (χ3n) is 5.80. The molecular weight excluding hydrogens is 406 g/mol. The van der Waals surface area contributed by atoms with Crippen LogP contribution < -0.4 is 14.7 Å². The van der Waals surface area contributed by atoms with Crippen molar-refractivity contribution in [2.24, 2.45) is 0 Å². The van der Waals surface area contributed by atoms with Crippen LogP contribution in [0, 0.1) is 0 Å². The highest BCUT2D eigenvalue weighted by Gasteiger charge is 2.25. The summed E-state index contributed by atoms with van der Waals surface area (Å²) in [6.07, 6.45) is 6.86. The molecule has 2 saturated heterocycles. The van der Waals surface area contributed by atoms with Crippen molar-refractivity contribution in [2.75, 3.05) is 67.2 Å². The van der Waals surface area contributed by atoms with E-state index in [4.69, 9.17) is 21.6 Å². The van der Waals surface area contributed by atoms with Gasteiger partial charge in [-0.2, -0.15) is 9.97 Å². The van der Waals surface area contributed by atoms with Crippen LogP contribution in [0.5, 0.6) is 0 Å². The molecule has 0 saturated carbocycles. The molecule has 0 bridgehead atoms. The number of hydrogen-bond acceptors (Lipinski definition) is 9. The molecule has 2 fully saturated rings. The summed E-state index contributed by atoms with van der Waals surface area (Å²) < 4.78 is 0. The topological polar surface area (TPSA) is 102 Å². The summed E-state index contributed by atoms with van der Waals surface area (Å²) in [5.74, 6) is 1.99. The number of halogens is 1. The van der Waals surface area contributed by atoms with Gasteiger partial charge in [-0.25, -0.2) is 9.97 Å². The van der Waals surface area contributed by atoms with Crippen LogP contribution in [0.25, 0.3) is 11.0 Å². The molecular formula is C20H30ClN7O2. The van der Waals surface area contributed by atoms with E-state index in [1.54, 1.807) is 0 Å². The Labute approximate surface area is 181 Å². The normalized spacial score (nSPS) is 17.6. The van der Waals surface area contributed by atoms with Gasteiger partial charge in [0.1, 0.15) is 11.0 Å². The second-order valence-electron chi connectivity index (χ2n) is 7.89. The lowest BCUT2D eigenvalue weighted by molar-refractivity contribution is 0.280. The van der Waals surface area contributed by atoms with Gasteiger partial charge in [0, 0.05) is 39.3 Å². The van der Waals surface area contributed by atoms with Crippen molar-refractivity contribution in [3.05, 3.63) is 5.28 Å². The fourth-order valence-corrected chi connectivity index (χ4v) is 4.46. The molecule has 30 heavy (non-hydrogen) atoms. The van der Waals surface area contributed by atoms with Gasteiger partial charge in [-0.1, -0.05) is 0 Å². The first-order chi connectivity index (χ1) is 14.7. The SMILES string of the molecule is OCCN(CCO)c1nc(N2CCCCC2)c2nc(Cl)nc(N3CCCCC3)c2n1. The van der Waals surface area contributed by atoms with E-state index < -0.39 is 0 Å². The van der Waals surface area contributed by atoms with Gasteiger partial charge in [0.25, 0.3) is 0 Å². The molecule has 2 aliphatic rings. The van der Waals surface area contributed by atoms with E-state index in [9.17, 15) is 10.2 Å². The van der Waals surface area contributed by atoms with E-state index in [-0.39, 0.29) is 18.5 Å². The van der Waals surface area contributed by atoms with E-state index in [1.165, 1.54) is 12.8 Å². The minimum absolute atomic E-state index is 0.0451. The van der Waals surface area contributed by atoms with Gasteiger partial charge < -0.3 is 24.9 Å². The highest BCUT2D eigenvalue weighted by atomic mass is 35.5. The molecule has 0 aromatic carbocycles. The van der Waals surface area contributed by atoms with Crippen LogP contribution >= 0.6 is 11.6 Å². The molecule has 0 amide bonds. The van der Waals surface area contributed by atoms with Crippen molar-refractivity contribution < 1.29 is 10.2 Å². The van der Waals surface area contributed by atoms with E-state index in [0.717, 1.165) is 63.5 Å². The number of hydrogen-bond donors (Lipinski definition) is 2. The maximum Gasteiger partial charge on any atom is 0.228 e. The minimum Gasteiger partial charge on any atom is -0.395 e. The summed E-state index contributed by atoms with van der Waals surface area (Å²) >= 11 is 6.36. The number of aliphatic hydroxyl groups excluding tert-OH is 2. The molecule has 0 unspecified atom stereocenters. The summed E-state index contributed by atoms with van der Waals surface area (Å²) in [7, 11) is 0. The van der Waals surface area contributed by atoms with Crippen molar-refractivity contribution >= 4 is 40.2 Å². The zero-order chi connectivity index (χ0) is 20.9. The summed E-state index contributed by atoms with van der Waals surface area (Å²) in [5.41, 5.74) is 1.36. The highest BCUT2D eigenvalue weighted by Crippen LogP contribution is 2.33. The fourth-order valence-electron chi connectivity index (χ4n) is 4.29. The Kier molecular flexibility index (Phi) is 7.01. The number of fused-ring (bicyclic) bond motifs is 1. The van der Waals surface area contributed by atoms with Crippen LogP contribution in [-0.2, 0) is 0 Å². The Morgan fingerprint density at radius 2 is 1.20 bits per heavy atom. The minimum atomic E-state index is -0.0451. The van der Waals surface area contributed by atoms with Gasteiger partial charge in [-0.3, -0.25) is 0 Å². The molecule has 2 aromatic heterocycles. The van der Waals surface area contributed by atoms with Crippen molar-refractivity contribution in [2.45, 2.75) is 38.5 Å². The maximum absolute atomic E-state index is 9.51. The maximum atomic E-state index is 9.51. The molecule has 10 heteroatoms. The molecule has 4 rings (SSSR count). The first kappa shape index (κ1) is 21.3. The van der Waals surface area contributed by atoms with Crippen LogP contribution in [0.3, 0.4) is 0 Å². The number of aromatic nitrogens is 4. The Balaban J connectivity index is 1.88. The van der Waals surface area contributed by atoms with E-state index >= 15 is 0 Å². The molecule has 164 valence electrons. The van der Waals surface area contributed by atoms with Crippen molar-refractivity contribution in [1.29, 1.82) is 0 Å². The van der Waals surface area contributed by atoms with Gasteiger partial charge in [0.05, 0.1) is 13.2 Å². The summed E-state index contributed by atoms with van der Waals surface area (Å²) in [6.45, 7) is 4.25. The smallest absolute Gasteiger partial charge is 0.228 e. The van der Waals surface area contributed by atoms with E-state index in [1.807, 2.05) is 4.90 Å². The van der Waals surface area contributed by atoms with Crippen molar-refractivity contribution in [3.63, 3.8) is 0 Å². The van der Waals surface area contributed by atoms with Gasteiger partial charge in [-0.05, 0) is 50.1 Å². The molecule has 0 radical (unpaired) electrons. The monoisotopic (exact) mass is 435 g/mol. The zero-order valence-corrected chi connectivity index (χ0v) is 18.1. The predicted octanol–water partition coefficient (Wildman–Crippen LogP) is 1.84. The summed E-state index contributed by atoms with van der Waals surface area (Å²) in [6, 6.07) is 0. The lowest BCUT2D eigenvalue weighted by Gasteiger charge is -2.31. The quantitative estimate of drug-likeness (QED) is 0.630. The number of piperidine rings is 2. The molecule has 9 nitrogen and oxygen atoms in total. The summed E-state index contributed by atoms with van der Waals surface area (Å²) in [4.78, 5) is 25.1. The standard InChI is InChI=1S/C20H30ClN7O2/c21-19-22-15-16(17(24-19)26-7-3-1-4-8-26)23-20(28(11-13-29)12-14-30)25-18(15)27-9-5-2-6-10-27/h29-30H,1-14H2. The number of aliphatic hydroxyl groups is 2. The Morgan fingerprint density at radius 3 is 1.73 bits per heavy atom. The molecule has 0 spiro atoms. The third-order valence-corrected chi connectivity index (χ3v) is 5.97. The number of nitrogens with zero attached hydrogens (tertiary/aromatic N) is 7. The molecule has 4 heterocycles. The first-order valence-corrected chi connectivity index (χ1v) is 11.3. The third kappa shape index (κ3) is 4.53. The number of anilines is 3. The average Bonchev–Trinajstić information content (AvgIpc) is 2.79. The number of rotatable bonds is 7. The van der Waals surface area contributed by atoms with Crippen LogP contribution in [0.4, 0.5) is 17.6 Å². The highest BCUT2D eigenvalue weighted by molar-refractivity contribution is 6.29. The van der Waals surface area contributed by atoms with Crippen LogP contribution in [-0.4, -0.2) is 82.6 Å². The molecule has 0 atom stereocenters. The van der Waals surface area contributed by atoms with Crippen molar-refractivity contribution in [1.82, 2.24) is 19.9 Å². The lowest BCUT2D eigenvalue weighted by atomic mass is 10.1. The van der Waals surface area contributed by atoms with Crippen LogP contribution in [0.2, 0.25) is 5.28 Å². The van der Waals surface area contributed by atoms with Gasteiger partial charge >= 0.3 is 0 Å². The second kappa shape index (κ2) is 9.89. The van der Waals surface area contributed by atoms with Crippen LogP contribution in [0.15, 0.2) is 0 Å². The average molecular weight is 436 g/mol. The molecule has 0 aliphatic carbocycles. The largest absolute Gasteiger partial charge is 0.395 e. The summed E-state index contributed by atoms with van der Waals surface area (Å²) in [5, 5.41) is 19.2. The van der Waals surface area contributed by atoms with Crippen LogP contribution in [0.1, 0.15) is 38.5 Å². The van der Waals surface area contributed by atoms with E-state index in [0.29, 0.717) is 30.1 Å². The van der Waals surface area contributed by atoms with Gasteiger partial charge in [0.2, 0.25) is 11.2 Å². The van der Waals surface area contributed by atoms with Gasteiger partial charge in [-0.15, -0.1) is 0 Å². The van der Waals surface area contributed by atoms with Crippen molar-refractivity contribution in [3.8, 4) is 0 Å².